The Kier molecular flexibility index (Phi) is 7.58. The molecule has 1 aliphatic heterocycles. The lowest BCUT2D eigenvalue weighted by atomic mass is 10.1. The lowest BCUT2D eigenvalue weighted by molar-refractivity contribution is -0.192. The van der Waals surface area contributed by atoms with Crippen molar-refractivity contribution in [3.05, 3.63) is 58.6 Å². The van der Waals surface area contributed by atoms with Crippen LogP contribution >= 0.6 is 22.9 Å². The summed E-state index contributed by atoms with van der Waals surface area (Å²) in [5.41, 5.74) is 2.75. The van der Waals surface area contributed by atoms with E-state index in [9.17, 15) is 21.6 Å². The van der Waals surface area contributed by atoms with Gasteiger partial charge in [0, 0.05) is 28.4 Å². The van der Waals surface area contributed by atoms with Gasteiger partial charge in [-0.25, -0.2) is 18.2 Å². The van der Waals surface area contributed by atoms with Crippen LogP contribution in [-0.4, -0.2) is 43.8 Å². The first-order valence-corrected chi connectivity index (χ1v) is 12.2. The summed E-state index contributed by atoms with van der Waals surface area (Å²) in [4.78, 5) is 15.1. The number of sulfonamides is 1. The van der Waals surface area contributed by atoms with Crippen molar-refractivity contribution in [2.24, 2.45) is 0 Å². The van der Waals surface area contributed by atoms with Gasteiger partial charge in [0.2, 0.25) is 0 Å². The summed E-state index contributed by atoms with van der Waals surface area (Å²) in [5, 5.41) is 9.84. The number of nitrogens with one attached hydrogen (secondary N) is 1. The summed E-state index contributed by atoms with van der Waals surface area (Å²) in [7, 11) is -3.74. The predicted molar refractivity (Wildman–Crippen MR) is 122 cm³/mol. The zero-order chi connectivity index (χ0) is 25.1. The van der Waals surface area contributed by atoms with Crippen molar-refractivity contribution in [3.8, 4) is 5.75 Å². The Labute approximate surface area is 201 Å². The van der Waals surface area contributed by atoms with Gasteiger partial charge in [0.05, 0.1) is 17.1 Å². The zero-order valence-electron chi connectivity index (χ0n) is 17.3. The Morgan fingerprint density at radius 3 is 2.59 bits per heavy atom. The molecule has 8 nitrogen and oxygen atoms in total. The summed E-state index contributed by atoms with van der Waals surface area (Å²) < 4.78 is 65.2. The van der Waals surface area contributed by atoms with Gasteiger partial charge in [-0.15, -0.1) is 11.3 Å². The first-order valence-electron chi connectivity index (χ1n) is 9.42. The minimum absolute atomic E-state index is 0.126. The maximum Gasteiger partial charge on any atom is 0.490 e. The number of carbonyl (C=O) groups is 1. The van der Waals surface area contributed by atoms with Gasteiger partial charge < -0.3 is 14.7 Å². The maximum absolute atomic E-state index is 12.6. The van der Waals surface area contributed by atoms with E-state index in [1.54, 1.807) is 23.7 Å². The van der Waals surface area contributed by atoms with Crippen LogP contribution in [0, 0.1) is 6.92 Å². The van der Waals surface area contributed by atoms with Crippen LogP contribution in [0.5, 0.6) is 5.75 Å². The van der Waals surface area contributed by atoms with Crippen LogP contribution in [0.25, 0.3) is 0 Å². The number of fused-ring (bicyclic) bond motifs is 1. The molecule has 0 atom stereocenters. The second-order valence-corrected chi connectivity index (χ2v) is 9.74. The Morgan fingerprint density at radius 1 is 1.26 bits per heavy atom. The number of carboxylic acids is 1. The second kappa shape index (κ2) is 10.1. The van der Waals surface area contributed by atoms with Crippen molar-refractivity contribution in [1.29, 1.82) is 0 Å². The van der Waals surface area contributed by atoms with E-state index in [2.05, 4.69) is 14.6 Å². The molecule has 0 radical (unpaired) electrons. The van der Waals surface area contributed by atoms with Crippen molar-refractivity contribution in [2.45, 2.75) is 18.0 Å². The van der Waals surface area contributed by atoms with Crippen molar-refractivity contribution in [3.63, 3.8) is 0 Å². The van der Waals surface area contributed by atoms with E-state index in [1.165, 1.54) is 17.4 Å². The van der Waals surface area contributed by atoms with E-state index in [1.807, 2.05) is 25.1 Å². The molecule has 2 aromatic carbocycles. The first kappa shape index (κ1) is 25.6. The average Bonchev–Trinajstić information content (AvgIpc) is 3.27. The molecule has 0 unspecified atom stereocenters. The molecule has 0 saturated carbocycles. The Morgan fingerprint density at radius 2 is 1.97 bits per heavy atom. The van der Waals surface area contributed by atoms with Gasteiger partial charge in [0.25, 0.3) is 10.0 Å². The molecule has 14 heteroatoms. The highest BCUT2D eigenvalue weighted by atomic mass is 35.5. The molecule has 2 heterocycles. The van der Waals surface area contributed by atoms with Crippen LogP contribution in [-0.2, 0) is 14.8 Å². The molecule has 34 heavy (non-hydrogen) atoms. The van der Waals surface area contributed by atoms with Crippen LogP contribution < -0.4 is 14.4 Å². The van der Waals surface area contributed by atoms with Gasteiger partial charge in [-0.2, -0.15) is 13.2 Å². The second-order valence-electron chi connectivity index (χ2n) is 6.76. The number of anilines is 3. The summed E-state index contributed by atoms with van der Waals surface area (Å²) in [6.45, 7) is 3.06. The van der Waals surface area contributed by atoms with E-state index >= 15 is 0 Å². The maximum atomic E-state index is 12.6. The molecule has 4 rings (SSSR count). The lowest BCUT2D eigenvalue weighted by Crippen LogP contribution is -2.29. The molecule has 0 saturated heterocycles. The van der Waals surface area contributed by atoms with Gasteiger partial charge in [-0.05, 0) is 36.8 Å². The topological polar surface area (TPSA) is 109 Å². The van der Waals surface area contributed by atoms with Crippen LogP contribution in [0.15, 0.2) is 52.9 Å². The Hall–Kier alpha value is -3.03. The molecule has 1 aromatic heterocycles. The van der Waals surface area contributed by atoms with Crippen molar-refractivity contribution in [1.82, 2.24) is 4.98 Å². The number of aliphatic carboxylic acids is 1. The highest BCUT2D eigenvalue weighted by Gasteiger charge is 2.38. The molecule has 0 bridgehead atoms. The molecule has 0 fully saturated rings. The number of carboxylic acid groups (broad SMARTS) is 1. The molecule has 0 amide bonds. The molecule has 182 valence electrons. The summed E-state index contributed by atoms with van der Waals surface area (Å²) in [6.07, 6.45) is -3.54. The van der Waals surface area contributed by atoms with Crippen LogP contribution in [0.2, 0.25) is 5.02 Å². The molecule has 0 aliphatic carbocycles. The van der Waals surface area contributed by atoms with Gasteiger partial charge in [-0.1, -0.05) is 17.7 Å². The fourth-order valence-electron chi connectivity index (χ4n) is 2.95. The number of hydrogen-bond donors (Lipinski definition) is 2. The third-order valence-corrected chi connectivity index (χ3v) is 7.10. The Balaban J connectivity index is 0.000000406. The number of ether oxygens (including phenoxy) is 1. The molecule has 0 spiro atoms. The summed E-state index contributed by atoms with van der Waals surface area (Å²) in [5.74, 6) is -2.24. The van der Waals surface area contributed by atoms with Crippen molar-refractivity contribution < 1.29 is 36.2 Å². The summed E-state index contributed by atoms with van der Waals surface area (Å²) >= 11 is 7.48. The summed E-state index contributed by atoms with van der Waals surface area (Å²) in [6, 6.07) is 10.6. The third kappa shape index (κ3) is 5.90. The van der Waals surface area contributed by atoms with Crippen LogP contribution in [0.3, 0.4) is 0 Å². The van der Waals surface area contributed by atoms with E-state index in [0.29, 0.717) is 29.1 Å². The molecule has 2 N–H and O–H groups in total. The lowest BCUT2D eigenvalue weighted by Gasteiger charge is -2.32. The van der Waals surface area contributed by atoms with Gasteiger partial charge in [-0.3, -0.25) is 4.72 Å². The highest BCUT2D eigenvalue weighted by molar-refractivity contribution is 7.93. The molecule has 1 aliphatic rings. The van der Waals surface area contributed by atoms with Gasteiger partial charge >= 0.3 is 12.1 Å². The number of hydrogen-bond acceptors (Lipinski definition) is 7. The fourth-order valence-corrected chi connectivity index (χ4v) is 4.93. The largest absolute Gasteiger partial charge is 0.490 e. The third-order valence-electron chi connectivity index (χ3n) is 4.53. The standard InChI is InChI=1S/C18H16ClN3O3S2.C2HF3O2/c1-12-14(19)3-2-4-15(12)22-8-9-25-17-11-13(5-6-16(17)22)27(23,24)21-18-20-7-10-26-18;3-2(4,5)1(6)7/h2-7,10-11H,8-9H2,1H3,(H,20,21);(H,6,7). The number of benzene rings is 2. The van der Waals surface area contributed by atoms with Gasteiger partial charge in [0.15, 0.2) is 5.13 Å². The van der Waals surface area contributed by atoms with E-state index in [0.717, 1.165) is 16.9 Å². The number of aromatic nitrogens is 1. The quantitative estimate of drug-likeness (QED) is 0.480. The van der Waals surface area contributed by atoms with E-state index in [4.69, 9.17) is 26.2 Å². The van der Waals surface area contributed by atoms with E-state index in [-0.39, 0.29) is 4.90 Å². The van der Waals surface area contributed by atoms with Crippen molar-refractivity contribution in [2.75, 3.05) is 22.8 Å². The van der Waals surface area contributed by atoms with Crippen LogP contribution in [0.1, 0.15) is 5.56 Å². The van der Waals surface area contributed by atoms with E-state index < -0.39 is 22.2 Å². The minimum Gasteiger partial charge on any atom is -0.489 e. The number of rotatable bonds is 4. The van der Waals surface area contributed by atoms with Gasteiger partial charge in [0.1, 0.15) is 12.4 Å². The van der Waals surface area contributed by atoms with Crippen molar-refractivity contribution >= 4 is 55.4 Å². The SMILES string of the molecule is Cc1c(Cl)cccc1N1CCOc2cc(S(=O)(=O)Nc3nccs3)ccc21.O=C(O)C(F)(F)F. The van der Waals surface area contributed by atoms with Crippen LogP contribution in [0.4, 0.5) is 29.7 Å². The fraction of sp³-hybridized carbons (Fsp3) is 0.200. The monoisotopic (exact) mass is 535 g/mol. The number of nitrogens with zero attached hydrogens (tertiary/aromatic N) is 2. The average molecular weight is 536 g/mol. The highest BCUT2D eigenvalue weighted by Crippen LogP contribution is 2.40. The molecule has 3 aromatic rings. The normalized spacial score (nSPS) is 13.3. The number of halogens is 4. The zero-order valence-corrected chi connectivity index (χ0v) is 19.7. The predicted octanol–water partition coefficient (Wildman–Crippen LogP) is 5.07. The molecular formula is C20H17ClF3N3O5S2. The molecular weight excluding hydrogens is 519 g/mol. The number of alkyl halides is 3. The minimum atomic E-state index is -5.08. The number of thiazole rings is 1. The first-order chi connectivity index (χ1) is 15.9. The smallest absolute Gasteiger partial charge is 0.489 e. The Bertz CT molecular complexity index is 1290.